The first-order valence-corrected chi connectivity index (χ1v) is 7.13. The highest BCUT2D eigenvalue weighted by molar-refractivity contribution is 5.02. The highest BCUT2D eigenvalue weighted by atomic mass is 16.6. The molecular weight excluding hydrogens is 292 g/mol. The van der Waals surface area contributed by atoms with Crippen LogP contribution >= 0.6 is 0 Å². The predicted molar refractivity (Wildman–Crippen MR) is 78.1 cm³/mol. The van der Waals surface area contributed by atoms with Crippen LogP contribution in [0.5, 0.6) is 0 Å². The molecule has 0 saturated carbocycles. The Labute approximate surface area is 128 Å². The van der Waals surface area contributed by atoms with Gasteiger partial charge in [0.1, 0.15) is 6.10 Å². The van der Waals surface area contributed by atoms with Gasteiger partial charge in [-0.25, -0.2) is 4.79 Å². The fourth-order valence-electron chi connectivity index (χ4n) is 2.46. The summed E-state index contributed by atoms with van der Waals surface area (Å²) in [6, 6.07) is 0. The zero-order valence-corrected chi connectivity index (χ0v) is 13.0. The number of hydrogen-bond donors (Lipinski definition) is 1. The Hall–Kier alpha value is -1.48. The lowest BCUT2D eigenvalue weighted by molar-refractivity contribution is -0.0812. The van der Waals surface area contributed by atoms with E-state index in [1.807, 2.05) is 0 Å². The van der Waals surface area contributed by atoms with Crippen molar-refractivity contribution in [3.8, 4) is 0 Å². The van der Waals surface area contributed by atoms with Gasteiger partial charge in [-0.1, -0.05) is 0 Å². The Morgan fingerprint density at radius 3 is 2.77 bits per heavy atom. The lowest BCUT2D eigenvalue weighted by Gasteiger charge is -2.21. The molecule has 2 heterocycles. The van der Waals surface area contributed by atoms with Crippen LogP contribution in [0.15, 0.2) is 15.8 Å². The Morgan fingerprint density at radius 1 is 1.32 bits per heavy atom. The number of aromatic amines is 1. The third-order valence-electron chi connectivity index (χ3n) is 3.54. The quantitative estimate of drug-likeness (QED) is 0.702. The molecule has 0 aliphatic carbocycles. The molecule has 1 unspecified atom stereocenters. The topological polar surface area (TPSA) is 91.8 Å². The van der Waals surface area contributed by atoms with Gasteiger partial charge in [0, 0.05) is 32.4 Å². The Morgan fingerprint density at radius 2 is 2.09 bits per heavy atom. The first-order chi connectivity index (χ1) is 10.6. The predicted octanol–water partition coefficient (Wildman–Crippen LogP) is -0.189. The Bertz CT molecular complexity index is 596. The summed E-state index contributed by atoms with van der Waals surface area (Å²) in [5.74, 6) is 0. The van der Waals surface area contributed by atoms with Gasteiger partial charge in [-0.2, -0.15) is 0 Å². The van der Waals surface area contributed by atoms with Crippen molar-refractivity contribution in [2.24, 2.45) is 0 Å². The third kappa shape index (κ3) is 3.83. The summed E-state index contributed by atoms with van der Waals surface area (Å²) >= 11 is 0. The first kappa shape index (κ1) is 16.9. The standard InChI is InChI=1S/C14H22N2O6/c1-9-7-16(14(18)15-12(9)17)13-11(21-5-4-19-2)6-10(22-13)8-20-3/h7,10-11,13H,4-6,8H2,1-3H3,(H,15,17,18)/t10-,11?,13+/m0/s1. The van der Waals surface area contributed by atoms with E-state index in [4.69, 9.17) is 18.9 Å². The molecule has 0 aromatic carbocycles. The van der Waals surface area contributed by atoms with E-state index >= 15 is 0 Å². The van der Waals surface area contributed by atoms with Gasteiger partial charge >= 0.3 is 5.69 Å². The lowest BCUT2D eigenvalue weighted by atomic mass is 10.2. The summed E-state index contributed by atoms with van der Waals surface area (Å²) in [5, 5.41) is 0. The number of rotatable bonds is 7. The highest BCUT2D eigenvalue weighted by Gasteiger charge is 2.37. The second kappa shape index (κ2) is 7.68. The molecule has 1 N–H and O–H groups in total. The van der Waals surface area contributed by atoms with Crippen molar-refractivity contribution in [2.75, 3.05) is 34.0 Å². The molecular formula is C14H22N2O6. The molecule has 124 valence electrons. The van der Waals surface area contributed by atoms with Crippen molar-refractivity contribution in [2.45, 2.75) is 31.8 Å². The van der Waals surface area contributed by atoms with E-state index in [1.165, 1.54) is 10.8 Å². The summed E-state index contributed by atoms with van der Waals surface area (Å²) in [5.41, 5.74) is -0.474. The molecule has 1 saturated heterocycles. The smallest absolute Gasteiger partial charge is 0.330 e. The van der Waals surface area contributed by atoms with Crippen LogP contribution in [0.25, 0.3) is 0 Å². The van der Waals surface area contributed by atoms with Crippen LogP contribution in [0.3, 0.4) is 0 Å². The van der Waals surface area contributed by atoms with Crippen molar-refractivity contribution in [3.63, 3.8) is 0 Å². The SMILES string of the molecule is COCCOC1C[C@@H](COC)O[C@H]1n1cc(C)c(=O)[nH]c1=O. The maximum absolute atomic E-state index is 12.0. The Balaban J connectivity index is 2.22. The van der Waals surface area contributed by atoms with Crippen LogP contribution in [0.2, 0.25) is 0 Å². The van der Waals surface area contributed by atoms with Gasteiger partial charge in [0.15, 0.2) is 6.23 Å². The second-order valence-corrected chi connectivity index (χ2v) is 5.22. The molecule has 0 amide bonds. The van der Waals surface area contributed by atoms with Gasteiger partial charge < -0.3 is 18.9 Å². The van der Waals surface area contributed by atoms with Crippen molar-refractivity contribution in [3.05, 3.63) is 32.6 Å². The fourth-order valence-corrected chi connectivity index (χ4v) is 2.46. The van der Waals surface area contributed by atoms with E-state index in [9.17, 15) is 9.59 Å². The van der Waals surface area contributed by atoms with Gasteiger partial charge in [-0.15, -0.1) is 0 Å². The minimum Gasteiger partial charge on any atom is -0.382 e. The van der Waals surface area contributed by atoms with Crippen molar-refractivity contribution < 1.29 is 18.9 Å². The average Bonchev–Trinajstić information content (AvgIpc) is 2.86. The molecule has 1 aliphatic rings. The number of methoxy groups -OCH3 is 2. The minimum absolute atomic E-state index is 0.165. The molecule has 0 radical (unpaired) electrons. The summed E-state index contributed by atoms with van der Waals surface area (Å²) < 4.78 is 23.1. The van der Waals surface area contributed by atoms with Crippen LogP contribution in [-0.2, 0) is 18.9 Å². The van der Waals surface area contributed by atoms with Gasteiger partial charge in [0.2, 0.25) is 0 Å². The van der Waals surface area contributed by atoms with Crippen molar-refractivity contribution in [1.82, 2.24) is 9.55 Å². The number of aryl methyl sites for hydroxylation is 1. The molecule has 1 fully saturated rings. The lowest BCUT2D eigenvalue weighted by Crippen LogP contribution is -2.37. The number of hydrogen-bond acceptors (Lipinski definition) is 6. The molecule has 22 heavy (non-hydrogen) atoms. The fraction of sp³-hybridized carbons (Fsp3) is 0.714. The zero-order valence-electron chi connectivity index (χ0n) is 13.0. The molecule has 8 heteroatoms. The van der Waals surface area contributed by atoms with E-state index < -0.39 is 17.5 Å². The minimum atomic E-state index is -0.597. The van der Waals surface area contributed by atoms with Crippen LogP contribution < -0.4 is 11.2 Å². The maximum Gasteiger partial charge on any atom is 0.330 e. The van der Waals surface area contributed by atoms with Crippen LogP contribution in [0, 0.1) is 6.92 Å². The van der Waals surface area contributed by atoms with E-state index in [-0.39, 0.29) is 12.2 Å². The molecule has 1 aromatic heterocycles. The monoisotopic (exact) mass is 314 g/mol. The van der Waals surface area contributed by atoms with Gasteiger partial charge in [0.05, 0.1) is 25.9 Å². The summed E-state index contributed by atoms with van der Waals surface area (Å²) in [6.45, 7) is 2.91. The second-order valence-electron chi connectivity index (χ2n) is 5.22. The van der Waals surface area contributed by atoms with Crippen LogP contribution in [-0.4, -0.2) is 55.8 Å². The Kier molecular flexibility index (Phi) is 5.90. The molecule has 0 spiro atoms. The van der Waals surface area contributed by atoms with E-state index in [1.54, 1.807) is 21.1 Å². The molecule has 3 atom stereocenters. The normalized spacial score (nSPS) is 24.8. The van der Waals surface area contributed by atoms with E-state index in [2.05, 4.69) is 4.98 Å². The largest absolute Gasteiger partial charge is 0.382 e. The molecule has 1 aliphatic heterocycles. The molecule has 0 bridgehead atoms. The maximum atomic E-state index is 12.0. The van der Waals surface area contributed by atoms with Gasteiger partial charge in [-0.3, -0.25) is 14.3 Å². The molecule has 8 nitrogen and oxygen atoms in total. The first-order valence-electron chi connectivity index (χ1n) is 7.13. The number of ether oxygens (including phenoxy) is 4. The number of H-pyrrole nitrogens is 1. The summed E-state index contributed by atoms with van der Waals surface area (Å²) in [6.07, 6.45) is 1.03. The third-order valence-corrected chi connectivity index (χ3v) is 3.54. The highest BCUT2D eigenvalue weighted by Crippen LogP contribution is 2.30. The van der Waals surface area contributed by atoms with Crippen LogP contribution in [0.4, 0.5) is 0 Å². The van der Waals surface area contributed by atoms with Crippen molar-refractivity contribution in [1.29, 1.82) is 0 Å². The molecule has 2 rings (SSSR count). The summed E-state index contributed by atoms with van der Waals surface area (Å²) in [7, 11) is 3.18. The molecule has 1 aromatic rings. The number of aromatic nitrogens is 2. The zero-order chi connectivity index (χ0) is 16.1. The summed E-state index contributed by atoms with van der Waals surface area (Å²) in [4.78, 5) is 25.8. The number of nitrogens with zero attached hydrogens (tertiary/aromatic N) is 1. The van der Waals surface area contributed by atoms with E-state index in [0.29, 0.717) is 31.8 Å². The van der Waals surface area contributed by atoms with Crippen LogP contribution in [0.1, 0.15) is 18.2 Å². The van der Waals surface area contributed by atoms with Gasteiger partial charge in [-0.05, 0) is 6.92 Å². The van der Waals surface area contributed by atoms with E-state index in [0.717, 1.165) is 0 Å². The van der Waals surface area contributed by atoms with Crippen molar-refractivity contribution >= 4 is 0 Å². The van der Waals surface area contributed by atoms with Gasteiger partial charge in [0.25, 0.3) is 5.56 Å². The average molecular weight is 314 g/mol. The number of nitrogens with one attached hydrogen (secondary N) is 1.